The molecule has 112 valence electrons. The molecule has 0 aromatic heterocycles. The van der Waals surface area contributed by atoms with Crippen LogP contribution in [-0.4, -0.2) is 69.2 Å². The third-order valence-electron chi connectivity index (χ3n) is 2.79. The summed E-state index contributed by atoms with van der Waals surface area (Å²) in [7, 11) is 6.83. The molecule has 0 radical (unpaired) electrons. The highest BCUT2D eigenvalue weighted by Crippen LogP contribution is 2.12. The standard InChI is InChI=1S/C13H27N3O3/c1-10(2)9-11(12(17)19-6)16(5)13(18)14-7-8-15(3)4/h10-11H,7-9H2,1-6H3,(H,14,18)/t11-/m0/s1. The topological polar surface area (TPSA) is 61.9 Å². The zero-order chi connectivity index (χ0) is 15.0. The zero-order valence-electron chi connectivity index (χ0n) is 12.9. The first kappa shape index (κ1) is 17.7. The second-order valence-electron chi connectivity index (χ2n) is 5.31. The van der Waals surface area contributed by atoms with Crippen LogP contribution < -0.4 is 5.32 Å². The van der Waals surface area contributed by atoms with E-state index in [4.69, 9.17) is 4.74 Å². The molecule has 0 aliphatic carbocycles. The van der Waals surface area contributed by atoms with Gasteiger partial charge in [-0.3, -0.25) is 0 Å². The Bertz CT molecular complexity index is 293. The Morgan fingerprint density at radius 1 is 1.21 bits per heavy atom. The molecule has 0 heterocycles. The normalized spacial score (nSPS) is 12.4. The number of amides is 2. The Kier molecular flexibility index (Phi) is 8.14. The van der Waals surface area contributed by atoms with Crippen molar-refractivity contribution in [1.82, 2.24) is 15.1 Å². The molecular formula is C13H27N3O3. The molecule has 0 spiro atoms. The predicted molar refractivity (Wildman–Crippen MR) is 75.0 cm³/mol. The molecule has 0 saturated carbocycles. The number of carbonyl (C=O) groups excluding carboxylic acids is 2. The summed E-state index contributed by atoms with van der Waals surface area (Å²) in [6.07, 6.45) is 0.588. The summed E-state index contributed by atoms with van der Waals surface area (Å²) in [5.41, 5.74) is 0. The SMILES string of the molecule is COC(=O)[C@H](CC(C)C)N(C)C(=O)NCCN(C)C. The van der Waals surface area contributed by atoms with Crippen LogP contribution >= 0.6 is 0 Å². The van der Waals surface area contributed by atoms with Gasteiger partial charge in [0.05, 0.1) is 7.11 Å². The van der Waals surface area contributed by atoms with Crippen molar-refractivity contribution >= 4 is 12.0 Å². The van der Waals surface area contributed by atoms with Gasteiger partial charge in [-0.15, -0.1) is 0 Å². The lowest BCUT2D eigenvalue weighted by Gasteiger charge is -2.27. The highest BCUT2D eigenvalue weighted by atomic mass is 16.5. The van der Waals surface area contributed by atoms with Gasteiger partial charge in [-0.05, 0) is 26.4 Å². The third-order valence-corrected chi connectivity index (χ3v) is 2.79. The van der Waals surface area contributed by atoms with Crippen LogP contribution in [0.1, 0.15) is 20.3 Å². The van der Waals surface area contributed by atoms with Gasteiger partial charge in [0.25, 0.3) is 0 Å². The molecule has 0 unspecified atom stereocenters. The molecule has 0 bridgehead atoms. The summed E-state index contributed by atoms with van der Waals surface area (Å²) in [5, 5.41) is 2.78. The highest BCUT2D eigenvalue weighted by Gasteiger charge is 2.28. The minimum absolute atomic E-state index is 0.252. The molecule has 2 amide bonds. The number of esters is 1. The van der Waals surface area contributed by atoms with E-state index < -0.39 is 6.04 Å². The van der Waals surface area contributed by atoms with E-state index in [0.29, 0.717) is 18.9 Å². The van der Waals surface area contributed by atoms with Crippen molar-refractivity contribution in [2.24, 2.45) is 5.92 Å². The van der Waals surface area contributed by atoms with E-state index in [1.54, 1.807) is 7.05 Å². The van der Waals surface area contributed by atoms with Crippen molar-refractivity contribution in [3.63, 3.8) is 0 Å². The smallest absolute Gasteiger partial charge is 0.328 e. The van der Waals surface area contributed by atoms with E-state index in [1.165, 1.54) is 12.0 Å². The Labute approximate surface area is 116 Å². The van der Waals surface area contributed by atoms with Crippen LogP contribution in [0.5, 0.6) is 0 Å². The molecule has 0 saturated heterocycles. The summed E-state index contributed by atoms with van der Waals surface area (Å²) in [4.78, 5) is 27.1. The largest absolute Gasteiger partial charge is 0.467 e. The number of hydrogen-bond acceptors (Lipinski definition) is 4. The zero-order valence-corrected chi connectivity index (χ0v) is 12.9. The molecular weight excluding hydrogens is 246 g/mol. The van der Waals surface area contributed by atoms with Crippen molar-refractivity contribution in [1.29, 1.82) is 0 Å². The number of rotatable bonds is 7. The highest BCUT2D eigenvalue weighted by molar-refractivity contribution is 5.83. The number of likely N-dealkylation sites (N-methyl/N-ethyl adjacent to an activating group) is 2. The van der Waals surface area contributed by atoms with E-state index in [2.05, 4.69) is 5.32 Å². The van der Waals surface area contributed by atoms with Crippen LogP contribution in [-0.2, 0) is 9.53 Å². The number of nitrogens with one attached hydrogen (secondary N) is 1. The fourth-order valence-electron chi connectivity index (χ4n) is 1.65. The second kappa shape index (κ2) is 8.74. The van der Waals surface area contributed by atoms with E-state index in [-0.39, 0.29) is 12.0 Å². The van der Waals surface area contributed by atoms with Gasteiger partial charge in [-0.1, -0.05) is 13.8 Å². The number of methoxy groups -OCH3 is 1. The van der Waals surface area contributed by atoms with Gasteiger partial charge < -0.3 is 19.9 Å². The summed E-state index contributed by atoms with van der Waals surface area (Å²) in [6, 6.07) is -0.790. The Morgan fingerprint density at radius 3 is 2.21 bits per heavy atom. The van der Waals surface area contributed by atoms with Gasteiger partial charge in [0, 0.05) is 20.1 Å². The van der Waals surface area contributed by atoms with Crippen LogP contribution in [0.4, 0.5) is 4.79 Å². The van der Waals surface area contributed by atoms with Crippen molar-refractivity contribution < 1.29 is 14.3 Å². The van der Waals surface area contributed by atoms with Gasteiger partial charge in [0.1, 0.15) is 6.04 Å². The molecule has 0 fully saturated rings. The number of urea groups is 1. The molecule has 0 rings (SSSR count). The fourth-order valence-corrected chi connectivity index (χ4v) is 1.65. The molecule has 0 aromatic rings. The molecule has 1 atom stereocenters. The maximum atomic E-state index is 12.0. The number of ether oxygens (including phenoxy) is 1. The third kappa shape index (κ3) is 7.00. The van der Waals surface area contributed by atoms with Crippen molar-refractivity contribution in [3.05, 3.63) is 0 Å². The predicted octanol–water partition coefficient (Wildman–Crippen LogP) is 0.777. The quantitative estimate of drug-likeness (QED) is 0.696. The lowest BCUT2D eigenvalue weighted by atomic mass is 10.0. The first-order chi connectivity index (χ1) is 8.79. The average Bonchev–Trinajstić information content (AvgIpc) is 2.33. The van der Waals surface area contributed by atoms with Gasteiger partial charge >= 0.3 is 12.0 Å². The van der Waals surface area contributed by atoms with Gasteiger partial charge in [-0.2, -0.15) is 0 Å². The molecule has 6 heteroatoms. The van der Waals surface area contributed by atoms with Crippen molar-refractivity contribution in [3.8, 4) is 0 Å². The van der Waals surface area contributed by atoms with Crippen molar-refractivity contribution in [2.75, 3.05) is 41.3 Å². The van der Waals surface area contributed by atoms with Gasteiger partial charge in [0.2, 0.25) is 0 Å². The summed E-state index contributed by atoms with van der Waals surface area (Å²) in [5.74, 6) is -0.0694. The molecule has 0 aliphatic heterocycles. The van der Waals surface area contributed by atoms with Crippen molar-refractivity contribution in [2.45, 2.75) is 26.3 Å². The van der Waals surface area contributed by atoms with E-state index >= 15 is 0 Å². The first-order valence-electron chi connectivity index (χ1n) is 6.52. The number of hydrogen-bond donors (Lipinski definition) is 1. The maximum Gasteiger partial charge on any atom is 0.328 e. The minimum Gasteiger partial charge on any atom is -0.467 e. The Balaban J connectivity index is 4.47. The second-order valence-corrected chi connectivity index (χ2v) is 5.31. The summed E-state index contributed by atoms with van der Waals surface area (Å²) in [6.45, 7) is 5.32. The molecule has 1 N–H and O–H groups in total. The van der Waals surface area contributed by atoms with Crippen LogP contribution in [0.15, 0.2) is 0 Å². The number of nitrogens with zero attached hydrogens (tertiary/aromatic N) is 2. The lowest BCUT2D eigenvalue weighted by molar-refractivity contribution is -0.146. The average molecular weight is 273 g/mol. The molecule has 0 aromatic carbocycles. The molecule has 19 heavy (non-hydrogen) atoms. The van der Waals surface area contributed by atoms with Gasteiger partial charge in [0.15, 0.2) is 0 Å². The van der Waals surface area contributed by atoms with Crippen LogP contribution in [0, 0.1) is 5.92 Å². The molecule has 6 nitrogen and oxygen atoms in total. The Hall–Kier alpha value is -1.30. The first-order valence-corrected chi connectivity index (χ1v) is 6.52. The minimum atomic E-state index is -0.538. The van der Waals surface area contributed by atoms with Crippen LogP contribution in [0.3, 0.4) is 0 Å². The maximum absolute atomic E-state index is 12.0. The van der Waals surface area contributed by atoms with E-state index in [1.807, 2.05) is 32.8 Å². The summed E-state index contributed by atoms with van der Waals surface area (Å²) >= 11 is 0. The van der Waals surface area contributed by atoms with E-state index in [9.17, 15) is 9.59 Å². The monoisotopic (exact) mass is 273 g/mol. The van der Waals surface area contributed by atoms with Crippen LogP contribution in [0.25, 0.3) is 0 Å². The lowest BCUT2D eigenvalue weighted by Crippen LogP contribution is -2.49. The van der Waals surface area contributed by atoms with Crippen LogP contribution in [0.2, 0.25) is 0 Å². The number of carbonyl (C=O) groups is 2. The summed E-state index contributed by atoms with van der Waals surface area (Å²) < 4.78 is 4.76. The molecule has 0 aliphatic rings. The van der Waals surface area contributed by atoms with Gasteiger partial charge in [-0.25, -0.2) is 9.59 Å². The fraction of sp³-hybridized carbons (Fsp3) is 0.846. The Morgan fingerprint density at radius 2 is 1.79 bits per heavy atom. The van der Waals surface area contributed by atoms with E-state index in [0.717, 1.165) is 6.54 Å².